The zero-order chi connectivity index (χ0) is 14.9. The quantitative estimate of drug-likeness (QED) is 0.738. The van der Waals surface area contributed by atoms with Crippen molar-refractivity contribution in [3.63, 3.8) is 0 Å². The Hall–Kier alpha value is -2.40. The van der Waals surface area contributed by atoms with Crippen molar-refractivity contribution >= 4 is 34.3 Å². The van der Waals surface area contributed by atoms with Gasteiger partial charge in [0.15, 0.2) is 5.11 Å². The molecule has 1 aliphatic rings. The molecule has 3 aromatic rings. The first-order valence-electron chi connectivity index (χ1n) is 7.37. The topological polar surface area (TPSA) is 33.1 Å². The van der Waals surface area contributed by atoms with E-state index in [0.29, 0.717) is 0 Å². The molecule has 0 saturated carbocycles. The number of nitrogens with zero attached hydrogens (tertiary/aromatic N) is 3. The van der Waals surface area contributed by atoms with Gasteiger partial charge in [0.25, 0.3) is 0 Å². The van der Waals surface area contributed by atoms with Gasteiger partial charge in [0.05, 0.1) is 11.0 Å². The molecule has 0 spiro atoms. The Morgan fingerprint density at radius 2 is 1.82 bits per heavy atom. The van der Waals surface area contributed by atoms with Crippen LogP contribution in [0.3, 0.4) is 0 Å². The zero-order valence-electron chi connectivity index (χ0n) is 12.1. The van der Waals surface area contributed by atoms with Gasteiger partial charge in [0, 0.05) is 19.6 Å². The lowest BCUT2D eigenvalue weighted by molar-refractivity contribution is 0.821. The lowest BCUT2D eigenvalue weighted by atomic mass is 10.2. The van der Waals surface area contributed by atoms with Gasteiger partial charge in [-0.05, 0) is 29.9 Å². The van der Waals surface area contributed by atoms with Crippen molar-refractivity contribution in [2.45, 2.75) is 13.1 Å². The molecule has 4 nitrogen and oxygen atoms in total. The molecule has 0 saturated heterocycles. The molecule has 1 N–H and O–H groups in total. The van der Waals surface area contributed by atoms with Gasteiger partial charge >= 0.3 is 0 Å². The van der Waals surface area contributed by atoms with Gasteiger partial charge in [-0.2, -0.15) is 0 Å². The van der Waals surface area contributed by atoms with Crippen molar-refractivity contribution in [3.05, 3.63) is 60.2 Å². The second-order valence-corrected chi connectivity index (χ2v) is 5.73. The summed E-state index contributed by atoms with van der Waals surface area (Å²) in [5.74, 6) is 0.937. The largest absolute Gasteiger partial charge is 0.358 e. The average Bonchev–Trinajstić information content (AvgIpc) is 3.12. The Kier molecular flexibility index (Phi) is 3.27. The molecule has 1 aromatic heterocycles. The van der Waals surface area contributed by atoms with E-state index in [-0.39, 0.29) is 0 Å². The lowest BCUT2D eigenvalue weighted by Gasteiger charge is -2.18. The van der Waals surface area contributed by atoms with Crippen molar-refractivity contribution in [1.82, 2.24) is 14.9 Å². The van der Waals surface area contributed by atoms with Crippen LogP contribution in [-0.2, 0) is 13.1 Å². The molecule has 0 bridgehead atoms. The number of nitrogens with one attached hydrogen (secondary N) is 1. The summed E-state index contributed by atoms with van der Waals surface area (Å²) < 4.78 is 2.23. The maximum Gasteiger partial charge on any atom is 0.213 e. The molecule has 22 heavy (non-hydrogen) atoms. The third-order valence-corrected chi connectivity index (χ3v) is 4.32. The fourth-order valence-corrected chi connectivity index (χ4v) is 3.10. The maximum absolute atomic E-state index is 5.56. The summed E-state index contributed by atoms with van der Waals surface area (Å²) >= 11 is 5.56. The second kappa shape index (κ2) is 5.42. The minimum atomic E-state index is 0.733. The first kappa shape index (κ1) is 13.3. The number of hydrogen-bond acceptors (Lipinski definition) is 2. The zero-order valence-corrected chi connectivity index (χ0v) is 12.9. The number of rotatable bonds is 2. The Bertz CT molecular complexity index is 825. The van der Waals surface area contributed by atoms with Crippen LogP contribution < -0.4 is 10.2 Å². The smallest absolute Gasteiger partial charge is 0.213 e. The molecule has 0 radical (unpaired) electrons. The minimum Gasteiger partial charge on any atom is -0.358 e. The van der Waals surface area contributed by atoms with Crippen LogP contribution in [0.1, 0.15) is 5.56 Å². The highest BCUT2D eigenvalue weighted by Crippen LogP contribution is 2.27. The molecule has 2 heterocycles. The second-order valence-electron chi connectivity index (χ2n) is 5.35. The highest BCUT2D eigenvalue weighted by molar-refractivity contribution is 7.80. The highest BCUT2D eigenvalue weighted by atomic mass is 32.1. The van der Waals surface area contributed by atoms with E-state index in [9.17, 15) is 0 Å². The van der Waals surface area contributed by atoms with Gasteiger partial charge < -0.3 is 9.88 Å². The number of anilines is 1. The molecule has 110 valence electrons. The van der Waals surface area contributed by atoms with E-state index in [4.69, 9.17) is 17.2 Å². The van der Waals surface area contributed by atoms with Crippen molar-refractivity contribution in [1.29, 1.82) is 0 Å². The van der Waals surface area contributed by atoms with Gasteiger partial charge in [-0.3, -0.25) is 4.90 Å². The molecule has 4 rings (SSSR count). The molecule has 2 aromatic carbocycles. The molecule has 5 heteroatoms. The SMILES string of the molecule is S=C(NCc1ccccc1)N1CCn2c1nc1ccccc12. The van der Waals surface area contributed by atoms with E-state index in [2.05, 4.69) is 33.0 Å². The van der Waals surface area contributed by atoms with E-state index in [1.54, 1.807) is 0 Å². The number of para-hydroxylation sites is 2. The van der Waals surface area contributed by atoms with E-state index >= 15 is 0 Å². The van der Waals surface area contributed by atoms with Gasteiger partial charge in [0.1, 0.15) is 0 Å². The van der Waals surface area contributed by atoms with Crippen LogP contribution in [0.5, 0.6) is 0 Å². The van der Waals surface area contributed by atoms with Gasteiger partial charge in [-0.15, -0.1) is 0 Å². The van der Waals surface area contributed by atoms with Crippen LogP contribution in [0.25, 0.3) is 11.0 Å². The summed E-state index contributed by atoms with van der Waals surface area (Å²) in [4.78, 5) is 6.79. The predicted octanol–water partition coefficient (Wildman–Crippen LogP) is 2.93. The molecule has 0 fully saturated rings. The summed E-state index contributed by atoms with van der Waals surface area (Å²) in [5.41, 5.74) is 3.41. The van der Waals surface area contributed by atoms with E-state index in [1.165, 1.54) is 11.1 Å². The molecule has 0 unspecified atom stereocenters. The number of aromatic nitrogens is 2. The van der Waals surface area contributed by atoms with Crippen molar-refractivity contribution < 1.29 is 0 Å². The molecular weight excluding hydrogens is 292 g/mol. The first-order chi connectivity index (χ1) is 10.8. The first-order valence-corrected chi connectivity index (χ1v) is 7.78. The Labute approximate surface area is 134 Å². The molecule has 0 atom stereocenters. The van der Waals surface area contributed by atoms with Gasteiger partial charge in [0.2, 0.25) is 5.95 Å². The molecular formula is C17H16N4S. The van der Waals surface area contributed by atoms with Crippen molar-refractivity contribution in [2.24, 2.45) is 0 Å². The summed E-state index contributed by atoms with van der Waals surface area (Å²) in [6.45, 7) is 2.52. The highest BCUT2D eigenvalue weighted by Gasteiger charge is 2.25. The standard InChI is InChI=1S/C17H16N4S/c22-17(18-12-13-6-2-1-3-7-13)21-11-10-20-15-9-5-4-8-14(15)19-16(20)21/h1-9H,10-12H2,(H,18,22). The molecule has 0 amide bonds. The normalized spacial score (nSPS) is 13.4. The molecule has 1 aliphatic heterocycles. The number of imidazole rings is 1. The minimum absolute atomic E-state index is 0.733. The fourth-order valence-electron chi connectivity index (χ4n) is 2.85. The van der Waals surface area contributed by atoms with E-state index in [0.717, 1.165) is 36.2 Å². The number of benzene rings is 2. The Morgan fingerprint density at radius 3 is 2.68 bits per heavy atom. The fraction of sp³-hybridized carbons (Fsp3) is 0.176. The van der Waals surface area contributed by atoms with Crippen molar-refractivity contribution in [2.75, 3.05) is 11.4 Å². The Balaban J connectivity index is 1.54. The summed E-state index contributed by atoms with van der Waals surface area (Å²) in [6, 6.07) is 18.5. The number of thiocarbonyl (C=S) groups is 1. The van der Waals surface area contributed by atoms with Crippen LogP contribution in [-0.4, -0.2) is 21.2 Å². The van der Waals surface area contributed by atoms with Gasteiger partial charge in [-0.1, -0.05) is 42.5 Å². The summed E-state index contributed by atoms with van der Waals surface area (Å²) in [6.07, 6.45) is 0. The average molecular weight is 308 g/mol. The van der Waals surface area contributed by atoms with Crippen LogP contribution in [0.15, 0.2) is 54.6 Å². The Morgan fingerprint density at radius 1 is 1.05 bits per heavy atom. The number of fused-ring (bicyclic) bond motifs is 3. The van der Waals surface area contributed by atoms with Crippen LogP contribution in [0, 0.1) is 0 Å². The third-order valence-electron chi connectivity index (χ3n) is 3.95. The predicted molar refractivity (Wildman–Crippen MR) is 93.0 cm³/mol. The summed E-state index contributed by atoms with van der Waals surface area (Å²) in [5, 5.41) is 4.06. The van der Waals surface area contributed by atoms with Gasteiger partial charge in [-0.25, -0.2) is 4.98 Å². The van der Waals surface area contributed by atoms with Crippen LogP contribution in [0.2, 0.25) is 0 Å². The number of hydrogen-bond donors (Lipinski definition) is 1. The molecule has 0 aliphatic carbocycles. The van der Waals surface area contributed by atoms with Crippen LogP contribution >= 0.6 is 12.2 Å². The maximum atomic E-state index is 5.56. The lowest BCUT2D eigenvalue weighted by Crippen LogP contribution is -2.38. The van der Waals surface area contributed by atoms with E-state index in [1.807, 2.05) is 36.4 Å². The monoisotopic (exact) mass is 308 g/mol. The third kappa shape index (κ3) is 2.23. The van der Waals surface area contributed by atoms with Crippen LogP contribution in [0.4, 0.5) is 5.95 Å². The summed E-state index contributed by atoms with van der Waals surface area (Å²) in [7, 11) is 0. The van der Waals surface area contributed by atoms with Crippen molar-refractivity contribution in [3.8, 4) is 0 Å². The van der Waals surface area contributed by atoms with E-state index < -0.39 is 0 Å².